The molecule has 0 heterocycles. The van der Waals surface area contributed by atoms with Gasteiger partial charge >= 0.3 is 0 Å². The number of thioether (sulfide) groups is 1. The number of nitrogens with zero attached hydrogens (tertiary/aromatic N) is 1. The summed E-state index contributed by atoms with van der Waals surface area (Å²) in [5, 5.41) is 16.2. The van der Waals surface area contributed by atoms with Gasteiger partial charge in [-0.3, -0.25) is 14.9 Å². The van der Waals surface area contributed by atoms with Crippen LogP contribution in [0.4, 0.5) is 15.8 Å². The van der Waals surface area contributed by atoms with Crippen molar-refractivity contribution in [3.8, 4) is 0 Å². The van der Waals surface area contributed by atoms with Crippen LogP contribution in [0.15, 0.2) is 12.1 Å². The predicted octanol–water partition coefficient (Wildman–Crippen LogP) is 2.65. The summed E-state index contributed by atoms with van der Waals surface area (Å²) in [7, 11) is 1.47. The molecule has 8 heteroatoms. The van der Waals surface area contributed by atoms with E-state index in [0.29, 0.717) is 6.54 Å². The summed E-state index contributed by atoms with van der Waals surface area (Å²) in [6.45, 7) is 4.22. The van der Waals surface area contributed by atoms with Crippen molar-refractivity contribution in [3.63, 3.8) is 0 Å². The molecule has 0 unspecified atom stereocenters. The molecule has 116 valence electrons. The molecular formula is C13H18FN3O3S. The summed E-state index contributed by atoms with van der Waals surface area (Å²) in [6.07, 6.45) is 1.91. The first kappa shape index (κ1) is 17.2. The van der Waals surface area contributed by atoms with Crippen molar-refractivity contribution in [3.05, 3.63) is 33.6 Å². The molecule has 0 aromatic heterocycles. The average molecular weight is 315 g/mol. The van der Waals surface area contributed by atoms with Crippen molar-refractivity contribution in [2.45, 2.75) is 18.6 Å². The highest BCUT2D eigenvalue weighted by Crippen LogP contribution is 2.26. The number of amides is 1. The normalized spacial score (nSPS) is 11.1. The van der Waals surface area contributed by atoms with E-state index in [2.05, 4.69) is 10.6 Å². The summed E-state index contributed by atoms with van der Waals surface area (Å²) < 4.78 is 13.4. The highest BCUT2D eigenvalue weighted by molar-refractivity contribution is 7.99. The van der Waals surface area contributed by atoms with Gasteiger partial charge in [-0.1, -0.05) is 0 Å². The number of nitro groups is 1. The predicted molar refractivity (Wildman–Crippen MR) is 82.5 cm³/mol. The second kappa shape index (κ2) is 6.75. The van der Waals surface area contributed by atoms with Gasteiger partial charge in [-0.25, -0.2) is 4.39 Å². The van der Waals surface area contributed by atoms with Crippen LogP contribution < -0.4 is 10.6 Å². The highest BCUT2D eigenvalue weighted by atomic mass is 32.2. The van der Waals surface area contributed by atoms with E-state index in [1.165, 1.54) is 7.05 Å². The first-order chi connectivity index (χ1) is 9.71. The molecule has 1 aromatic carbocycles. The number of benzene rings is 1. The monoisotopic (exact) mass is 315 g/mol. The molecule has 2 N–H and O–H groups in total. The van der Waals surface area contributed by atoms with E-state index in [9.17, 15) is 19.3 Å². The number of carbonyl (C=O) groups excluding carboxylic acids is 1. The second-order valence-electron chi connectivity index (χ2n) is 5.00. The van der Waals surface area contributed by atoms with Gasteiger partial charge in [-0.05, 0) is 26.2 Å². The molecule has 1 rings (SSSR count). The Morgan fingerprint density at radius 2 is 2.10 bits per heavy atom. The molecule has 0 aliphatic heterocycles. The molecule has 21 heavy (non-hydrogen) atoms. The van der Waals surface area contributed by atoms with Crippen LogP contribution in [-0.2, 0) is 0 Å². The summed E-state index contributed by atoms with van der Waals surface area (Å²) in [4.78, 5) is 22.3. The Morgan fingerprint density at radius 1 is 1.48 bits per heavy atom. The SMILES string of the molecule is CNc1cc(C(=O)NCC(C)(C)SC)c([N+](=O)[O-])cc1F. The first-order valence-electron chi connectivity index (χ1n) is 6.21. The topological polar surface area (TPSA) is 84.3 Å². The number of hydrogen-bond donors (Lipinski definition) is 2. The summed E-state index contributed by atoms with van der Waals surface area (Å²) in [6, 6.07) is 1.90. The first-order valence-corrected chi connectivity index (χ1v) is 7.43. The zero-order valence-corrected chi connectivity index (χ0v) is 13.1. The summed E-state index contributed by atoms with van der Waals surface area (Å²) >= 11 is 1.56. The molecule has 0 bridgehead atoms. The van der Waals surface area contributed by atoms with Crippen molar-refractivity contribution in [1.82, 2.24) is 5.32 Å². The summed E-state index contributed by atoms with van der Waals surface area (Å²) in [5.41, 5.74) is -0.677. The highest BCUT2D eigenvalue weighted by Gasteiger charge is 2.25. The van der Waals surface area contributed by atoms with Crippen molar-refractivity contribution >= 4 is 29.0 Å². The van der Waals surface area contributed by atoms with Crippen molar-refractivity contribution in [2.24, 2.45) is 0 Å². The molecule has 0 aliphatic carbocycles. The Bertz CT molecular complexity index is 564. The number of halogens is 1. The van der Waals surface area contributed by atoms with Crippen LogP contribution in [0.1, 0.15) is 24.2 Å². The molecule has 1 aromatic rings. The van der Waals surface area contributed by atoms with E-state index < -0.39 is 22.3 Å². The Labute approximate surface area is 126 Å². The van der Waals surface area contributed by atoms with Crippen LogP contribution >= 0.6 is 11.8 Å². The minimum Gasteiger partial charge on any atom is -0.386 e. The maximum Gasteiger partial charge on any atom is 0.285 e. The minimum absolute atomic E-state index is 0.0369. The Kier molecular flexibility index (Phi) is 5.54. The third kappa shape index (κ3) is 4.32. The van der Waals surface area contributed by atoms with E-state index in [0.717, 1.165) is 12.1 Å². The number of nitro benzene ring substituents is 1. The maximum atomic E-state index is 13.6. The van der Waals surface area contributed by atoms with Crippen LogP contribution in [0.2, 0.25) is 0 Å². The van der Waals surface area contributed by atoms with Gasteiger partial charge in [-0.15, -0.1) is 0 Å². The number of rotatable bonds is 6. The van der Waals surface area contributed by atoms with Crippen molar-refractivity contribution in [1.29, 1.82) is 0 Å². The Balaban J connectivity index is 3.10. The zero-order chi connectivity index (χ0) is 16.2. The summed E-state index contributed by atoms with van der Waals surface area (Å²) in [5.74, 6) is -1.37. The molecule has 0 aliphatic rings. The van der Waals surface area contributed by atoms with Gasteiger partial charge in [0.05, 0.1) is 16.7 Å². The molecule has 0 saturated heterocycles. The molecule has 0 atom stereocenters. The van der Waals surface area contributed by atoms with Gasteiger partial charge in [0.2, 0.25) is 0 Å². The maximum absolute atomic E-state index is 13.6. The van der Waals surface area contributed by atoms with Gasteiger partial charge in [0.25, 0.3) is 11.6 Å². The van der Waals surface area contributed by atoms with Crippen LogP contribution in [0, 0.1) is 15.9 Å². The van der Waals surface area contributed by atoms with E-state index in [4.69, 9.17) is 0 Å². The average Bonchev–Trinajstić information content (AvgIpc) is 2.44. The third-order valence-corrected chi connectivity index (χ3v) is 4.27. The van der Waals surface area contributed by atoms with E-state index >= 15 is 0 Å². The van der Waals surface area contributed by atoms with Crippen LogP contribution in [-0.4, -0.2) is 35.4 Å². The molecule has 0 radical (unpaired) electrons. The van der Waals surface area contributed by atoms with Crippen LogP contribution in [0.25, 0.3) is 0 Å². The standard InChI is InChI=1S/C13H18FN3O3S/c1-13(2,21-4)7-16-12(18)8-5-10(15-3)9(14)6-11(8)17(19)20/h5-6,15H,7H2,1-4H3,(H,16,18). The molecule has 0 saturated carbocycles. The fourth-order valence-electron chi connectivity index (χ4n) is 1.55. The van der Waals surface area contributed by atoms with Crippen LogP contribution in [0.5, 0.6) is 0 Å². The zero-order valence-electron chi connectivity index (χ0n) is 12.3. The van der Waals surface area contributed by atoms with E-state index in [-0.39, 0.29) is 16.0 Å². The quantitative estimate of drug-likeness (QED) is 0.623. The van der Waals surface area contributed by atoms with Gasteiger partial charge in [0.1, 0.15) is 5.56 Å². The van der Waals surface area contributed by atoms with E-state index in [1.54, 1.807) is 11.8 Å². The van der Waals surface area contributed by atoms with Crippen molar-refractivity contribution < 1.29 is 14.1 Å². The lowest BCUT2D eigenvalue weighted by atomic mass is 10.1. The van der Waals surface area contributed by atoms with Gasteiger partial charge < -0.3 is 10.6 Å². The van der Waals surface area contributed by atoms with Gasteiger partial charge in [-0.2, -0.15) is 11.8 Å². The largest absolute Gasteiger partial charge is 0.386 e. The van der Waals surface area contributed by atoms with Gasteiger partial charge in [0.15, 0.2) is 5.82 Å². The number of hydrogen-bond acceptors (Lipinski definition) is 5. The second-order valence-corrected chi connectivity index (χ2v) is 6.52. The van der Waals surface area contributed by atoms with Crippen LogP contribution in [0.3, 0.4) is 0 Å². The smallest absolute Gasteiger partial charge is 0.285 e. The Hall–Kier alpha value is -1.83. The lowest BCUT2D eigenvalue weighted by Gasteiger charge is -2.22. The molecule has 0 spiro atoms. The third-order valence-electron chi connectivity index (χ3n) is 3.02. The fourth-order valence-corrected chi connectivity index (χ4v) is 1.76. The number of anilines is 1. The Morgan fingerprint density at radius 3 is 2.57 bits per heavy atom. The number of nitrogens with one attached hydrogen (secondary N) is 2. The fraction of sp³-hybridized carbons (Fsp3) is 0.462. The minimum atomic E-state index is -0.773. The molecule has 1 amide bonds. The molecule has 0 fully saturated rings. The van der Waals surface area contributed by atoms with Gasteiger partial charge in [0, 0.05) is 18.3 Å². The lowest BCUT2D eigenvalue weighted by Crippen LogP contribution is -2.36. The number of carbonyl (C=O) groups is 1. The molecule has 6 nitrogen and oxygen atoms in total. The van der Waals surface area contributed by atoms with Crippen molar-refractivity contribution in [2.75, 3.05) is 25.2 Å². The lowest BCUT2D eigenvalue weighted by molar-refractivity contribution is -0.385. The molecular weight excluding hydrogens is 297 g/mol. The van der Waals surface area contributed by atoms with E-state index in [1.807, 2.05) is 20.1 Å².